The fourth-order valence-corrected chi connectivity index (χ4v) is 4.07. The summed E-state index contributed by atoms with van der Waals surface area (Å²) < 4.78 is 16.4. The molecule has 0 saturated carbocycles. The molecule has 1 aromatic heterocycles. The van der Waals surface area contributed by atoms with Crippen molar-refractivity contribution in [3.63, 3.8) is 0 Å². The van der Waals surface area contributed by atoms with Gasteiger partial charge in [0.2, 0.25) is 5.75 Å². The number of para-hydroxylation sites is 1. The third-order valence-electron chi connectivity index (χ3n) is 5.76. The highest BCUT2D eigenvalue weighted by molar-refractivity contribution is 6.30. The number of benzene rings is 3. The predicted molar refractivity (Wildman–Crippen MR) is 135 cm³/mol. The van der Waals surface area contributed by atoms with Crippen LogP contribution in [-0.2, 0) is 0 Å². The zero-order chi connectivity index (χ0) is 25.1. The number of carbonyl (C=O) groups excluding carboxylic acids is 1. The first-order chi connectivity index (χ1) is 16.9. The van der Waals surface area contributed by atoms with Crippen molar-refractivity contribution in [3.8, 4) is 28.6 Å². The second-order valence-corrected chi connectivity index (χ2v) is 8.36. The maximum Gasteiger partial charge on any atom is 0.253 e. The molecule has 4 rings (SSSR count). The number of amides is 1. The van der Waals surface area contributed by atoms with Crippen LogP contribution in [0.15, 0.2) is 54.6 Å². The third kappa shape index (κ3) is 4.76. The van der Waals surface area contributed by atoms with Gasteiger partial charge in [0.15, 0.2) is 11.5 Å². The van der Waals surface area contributed by atoms with Crippen LogP contribution in [0.5, 0.6) is 17.2 Å². The minimum Gasteiger partial charge on any atom is -0.493 e. The number of H-pyrrole nitrogens is 1. The van der Waals surface area contributed by atoms with Crippen LogP contribution in [0.25, 0.3) is 22.4 Å². The van der Waals surface area contributed by atoms with Gasteiger partial charge in [-0.3, -0.25) is 4.79 Å². The van der Waals surface area contributed by atoms with Crippen LogP contribution in [0.3, 0.4) is 0 Å². The summed E-state index contributed by atoms with van der Waals surface area (Å²) in [6.07, 6.45) is -0.902. The molecule has 0 aliphatic heterocycles. The lowest BCUT2D eigenvalue weighted by molar-refractivity contribution is 0.0853. The van der Waals surface area contributed by atoms with E-state index >= 15 is 0 Å². The number of aromatic amines is 1. The van der Waals surface area contributed by atoms with Gasteiger partial charge in [-0.25, -0.2) is 4.98 Å². The number of methoxy groups -OCH3 is 3. The van der Waals surface area contributed by atoms with E-state index in [2.05, 4.69) is 10.3 Å². The lowest BCUT2D eigenvalue weighted by Gasteiger charge is -2.21. The van der Waals surface area contributed by atoms with Crippen molar-refractivity contribution in [3.05, 3.63) is 70.7 Å². The number of nitrogens with zero attached hydrogens (tertiary/aromatic N) is 1. The Bertz CT molecular complexity index is 1350. The molecule has 9 heteroatoms. The van der Waals surface area contributed by atoms with Crippen LogP contribution in [0.2, 0.25) is 5.02 Å². The summed E-state index contributed by atoms with van der Waals surface area (Å²) in [5.41, 5.74) is 2.85. The van der Waals surface area contributed by atoms with Gasteiger partial charge in [-0.1, -0.05) is 29.8 Å². The molecule has 0 bridgehead atoms. The van der Waals surface area contributed by atoms with E-state index < -0.39 is 12.1 Å². The Morgan fingerprint density at radius 2 is 1.71 bits per heavy atom. The van der Waals surface area contributed by atoms with Gasteiger partial charge in [0.1, 0.15) is 11.3 Å². The quantitative estimate of drug-likeness (QED) is 0.325. The maximum atomic E-state index is 13.2. The van der Waals surface area contributed by atoms with Crippen molar-refractivity contribution in [1.82, 2.24) is 15.3 Å². The van der Waals surface area contributed by atoms with Crippen LogP contribution >= 0.6 is 11.6 Å². The monoisotopic (exact) mass is 495 g/mol. The first-order valence-electron chi connectivity index (χ1n) is 10.9. The number of fused-ring (bicyclic) bond motifs is 1. The summed E-state index contributed by atoms with van der Waals surface area (Å²) in [7, 11) is 4.62. The molecule has 2 atom stereocenters. The first-order valence-corrected chi connectivity index (χ1v) is 11.3. The number of halogens is 1. The smallest absolute Gasteiger partial charge is 0.253 e. The van der Waals surface area contributed by atoms with E-state index in [0.29, 0.717) is 55.8 Å². The SMILES string of the molecule is COc1ccc(-c2nc3c(C(=O)NC(C)C(O)c4ccc(Cl)cc4)cccc3[nH]2)c(OC)c1OC. The molecule has 8 nitrogen and oxygen atoms in total. The van der Waals surface area contributed by atoms with Crippen molar-refractivity contribution in [2.45, 2.75) is 19.1 Å². The van der Waals surface area contributed by atoms with Crippen LogP contribution < -0.4 is 19.5 Å². The molecule has 182 valence electrons. The fourth-order valence-electron chi connectivity index (χ4n) is 3.94. The van der Waals surface area contributed by atoms with E-state index in [1.807, 2.05) is 12.1 Å². The number of imidazole rings is 1. The molecule has 0 radical (unpaired) electrons. The Labute approximate surface area is 207 Å². The van der Waals surface area contributed by atoms with Gasteiger partial charge in [0, 0.05) is 5.02 Å². The minimum atomic E-state index is -0.902. The van der Waals surface area contributed by atoms with Crippen LogP contribution in [-0.4, -0.2) is 48.4 Å². The van der Waals surface area contributed by atoms with Crippen LogP contribution in [0.1, 0.15) is 28.9 Å². The van der Waals surface area contributed by atoms with E-state index in [1.165, 1.54) is 14.2 Å². The molecular weight excluding hydrogens is 470 g/mol. The Hall–Kier alpha value is -3.75. The molecule has 1 amide bonds. The average Bonchev–Trinajstić information content (AvgIpc) is 3.31. The molecule has 0 saturated heterocycles. The number of nitrogens with one attached hydrogen (secondary N) is 2. The Morgan fingerprint density at radius 1 is 1.00 bits per heavy atom. The number of ether oxygens (including phenoxy) is 3. The van der Waals surface area contributed by atoms with Gasteiger partial charge in [-0.2, -0.15) is 0 Å². The van der Waals surface area contributed by atoms with Crippen molar-refractivity contribution < 1.29 is 24.1 Å². The number of aliphatic hydroxyl groups is 1. The van der Waals surface area contributed by atoms with E-state index in [-0.39, 0.29) is 5.91 Å². The van der Waals surface area contributed by atoms with Gasteiger partial charge >= 0.3 is 0 Å². The van der Waals surface area contributed by atoms with Crippen molar-refractivity contribution in [2.75, 3.05) is 21.3 Å². The molecule has 0 aliphatic rings. The van der Waals surface area contributed by atoms with Gasteiger partial charge in [-0.15, -0.1) is 0 Å². The number of hydrogen-bond donors (Lipinski definition) is 3. The number of hydrogen-bond acceptors (Lipinski definition) is 6. The van der Waals surface area contributed by atoms with E-state index in [4.69, 9.17) is 30.8 Å². The van der Waals surface area contributed by atoms with E-state index in [0.717, 1.165) is 0 Å². The largest absolute Gasteiger partial charge is 0.493 e. The van der Waals surface area contributed by atoms with Crippen LogP contribution in [0.4, 0.5) is 0 Å². The summed E-state index contributed by atoms with van der Waals surface area (Å²) in [5.74, 6) is 1.57. The first kappa shape index (κ1) is 24.4. The Kier molecular flexibility index (Phi) is 7.14. The second kappa shape index (κ2) is 10.2. The molecule has 35 heavy (non-hydrogen) atoms. The zero-order valence-electron chi connectivity index (χ0n) is 19.8. The molecular formula is C26H26ClN3O5. The molecule has 2 unspecified atom stereocenters. The standard InChI is InChI=1S/C26H26ClN3O5/c1-14(22(31)15-8-10-16(27)11-9-15)28-26(32)17-6-5-7-19-21(17)30-25(29-19)18-12-13-20(33-2)24(35-4)23(18)34-3/h5-14,22,31H,1-4H3,(H,28,32)(H,29,30). The summed E-state index contributed by atoms with van der Waals surface area (Å²) in [6, 6.07) is 15.2. The summed E-state index contributed by atoms with van der Waals surface area (Å²) in [4.78, 5) is 21.1. The molecule has 4 aromatic rings. The Morgan fingerprint density at radius 3 is 2.37 bits per heavy atom. The second-order valence-electron chi connectivity index (χ2n) is 7.93. The van der Waals surface area contributed by atoms with E-state index in [9.17, 15) is 9.90 Å². The lowest BCUT2D eigenvalue weighted by atomic mass is 10.0. The van der Waals surface area contributed by atoms with Crippen molar-refractivity contribution in [2.24, 2.45) is 0 Å². The molecule has 3 N–H and O–H groups in total. The predicted octanol–water partition coefficient (Wildman–Crippen LogP) is 4.76. The number of aromatic nitrogens is 2. The highest BCUT2D eigenvalue weighted by atomic mass is 35.5. The summed E-state index contributed by atoms with van der Waals surface area (Å²) >= 11 is 5.93. The van der Waals surface area contributed by atoms with Crippen LogP contribution in [0, 0.1) is 0 Å². The minimum absolute atomic E-state index is 0.353. The zero-order valence-corrected chi connectivity index (χ0v) is 20.5. The summed E-state index contributed by atoms with van der Waals surface area (Å²) in [5, 5.41) is 14.1. The number of rotatable bonds is 8. The van der Waals surface area contributed by atoms with Crippen molar-refractivity contribution in [1.29, 1.82) is 0 Å². The van der Waals surface area contributed by atoms with E-state index in [1.54, 1.807) is 56.5 Å². The van der Waals surface area contributed by atoms with Crippen molar-refractivity contribution >= 4 is 28.5 Å². The fraction of sp³-hybridized carbons (Fsp3) is 0.231. The molecule has 0 aliphatic carbocycles. The number of carbonyl (C=O) groups is 1. The topological polar surface area (TPSA) is 106 Å². The third-order valence-corrected chi connectivity index (χ3v) is 6.01. The molecule has 1 heterocycles. The van der Waals surface area contributed by atoms with Gasteiger partial charge in [0.25, 0.3) is 5.91 Å². The maximum absolute atomic E-state index is 13.2. The molecule has 0 spiro atoms. The normalized spacial score (nSPS) is 12.7. The van der Waals surface area contributed by atoms with Gasteiger partial charge < -0.3 is 29.6 Å². The Balaban J connectivity index is 1.66. The number of aliphatic hydroxyl groups excluding tert-OH is 1. The highest BCUT2D eigenvalue weighted by Gasteiger charge is 2.23. The lowest BCUT2D eigenvalue weighted by Crippen LogP contribution is -2.37. The summed E-state index contributed by atoms with van der Waals surface area (Å²) in [6.45, 7) is 1.74. The molecule has 3 aromatic carbocycles. The van der Waals surface area contributed by atoms with Gasteiger partial charge in [0.05, 0.1) is 50.1 Å². The average molecular weight is 496 g/mol. The molecule has 0 fully saturated rings. The van der Waals surface area contributed by atoms with Gasteiger partial charge in [-0.05, 0) is 48.9 Å². The highest BCUT2D eigenvalue weighted by Crippen LogP contribution is 2.43.